The van der Waals surface area contributed by atoms with E-state index in [1.165, 1.54) is 16.6 Å². The van der Waals surface area contributed by atoms with Crippen LogP contribution in [-0.2, 0) is 22.5 Å². The highest BCUT2D eigenvalue weighted by molar-refractivity contribution is 6.31. The zero-order valence-corrected chi connectivity index (χ0v) is 17.0. The van der Waals surface area contributed by atoms with E-state index < -0.39 is 0 Å². The highest BCUT2D eigenvalue weighted by Crippen LogP contribution is 2.29. The van der Waals surface area contributed by atoms with Gasteiger partial charge in [0, 0.05) is 65.3 Å². The molecule has 0 saturated carbocycles. The van der Waals surface area contributed by atoms with E-state index in [0.717, 1.165) is 30.6 Å². The van der Waals surface area contributed by atoms with Crippen LogP contribution in [-0.4, -0.2) is 53.5 Å². The van der Waals surface area contributed by atoms with Gasteiger partial charge in [-0.3, -0.25) is 9.69 Å². The lowest BCUT2D eigenvalue weighted by molar-refractivity contribution is -0.135. The van der Waals surface area contributed by atoms with Crippen molar-refractivity contribution in [3.63, 3.8) is 0 Å². The number of halogens is 1. The minimum atomic E-state index is -0.0909. The predicted molar refractivity (Wildman–Crippen MR) is 114 cm³/mol. The highest BCUT2D eigenvalue weighted by atomic mass is 35.5. The van der Waals surface area contributed by atoms with Crippen molar-refractivity contribution in [2.75, 3.05) is 32.8 Å². The van der Waals surface area contributed by atoms with E-state index in [0.29, 0.717) is 31.3 Å². The molecule has 0 aliphatic carbocycles. The first-order chi connectivity index (χ1) is 14.2. The van der Waals surface area contributed by atoms with Crippen LogP contribution in [0.2, 0.25) is 5.02 Å². The maximum atomic E-state index is 13.1. The van der Waals surface area contributed by atoms with Crippen molar-refractivity contribution in [3.8, 4) is 0 Å². The Morgan fingerprint density at radius 1 is 1.14 bits per heavy atom. The summed E-state index contributed by atoms with van der Waals surface area (Å²) in [7, 11) is 0. The van der Waals surface area contributed by atoms with E-state index in [2.05, 4.69) is 28.1 Å². The van der Waals surface area contributed by atoms with E-state index in [9.17, 15) is 4.79 Å². The summed E-state index contributed by atoms with van der Waals surface area (Å²) in [4.78, 5) is 20.7. The number of para-hydroxylation sites is 1. The number of H-pyrrole nitrogens is 1. The standard InChI is InChI=1S/C23H24ClN3O2/c24-19-7-3-1-6-17(19)22-14-26(11-12-29-22)15-23(28)27-10-9-21-18(13-27)16-5-2-4-8-20(16)25-21/h1-8,22,25H,9-15H2. The summed E-state index contributed by atoms with van der Waals surface area (Å²) < 4.78 is 5.93. The van der Waals surface area contributed by atoms with Crippen molar-refractivity contribution in [2.24, 2.45) is 0 Å². The quantitative estimate of drug-likeness (QED) is 0.716. The van der Waals surface area contributed by atoms with Crippen LogP contribution in [0.15, 0.2) is 48.5 Å². The van der Waals surface area contributed by atoms with Crippen molar-refractivity contribution < 1.29 is 9.53 Å². The number of ether oxygens (including phenoxy) is 1. The van der Waals surface area contributed by atoms with Crippen LogP contribution < -0.4 is 0 Å². The average molecular weight is 410 g/mol. The SMILES string of the molecule is O=C(CN1CCOC(c2ccccc2Cl)C1)N1CCc2[nH]c3ccccc3c2C1. The molecule has 1 saturated heterocycles. The number of nitrogens with zero attached hydrogens (tertiary/aromatic N) is 2. The lowest BCUT2D eigenvalue weighted by Gasteiger charge is -2.35. The summed E-state index contributed by atoms with van der Waals surface area (Å²) in [5, 5.41) is 1.94. The molecule has 3 heterocycles. The van der Waals surface area contributed by atoms with Crippen LogP contribution in [0.5, 0.6) is 0 Å². The summed E-state index contributed by atoms with van der Waals surface area (Å²) in [6.45, 7) is 3.91. The summed E-state index contributed by atoms with van der Waals surface area (Å²) in [6, 6.07) is 16.1. The summed E-state index contributed by atoms with van der Waals surface area (Å²) in [5.41, 5.74) is 4.67. The molecule has 1 amide bonds. The molecule has 5 nitrogen and oxygen atoms in total. The van der Waals surface area contributed by atoms with Gasteiger partial charge in [-0.2, -0.15) is 0 Å². The molecule has 1 atom stereocenters. The molecule has 5 rings (SSSR count). The first-order valence-corrected chi connectivity index (χ1v) is 10.5. The zero-order chi connectivity index (χ0) is 19.8. The fourth-order valence-electron chi connectivity index (χ4n) is 4.44. The molecule has 29 heavy (non-hydrogen) atoms. The molecule has 2 aliphatic rings. The van der Waals surface area contributed by atoms with Gasteiger partial charge >= 0.3 is 0 Å². The molecule has 0 bridgehead atoms. The number of aromatic amines is 1. The molecule has 3 aromatic rings. The van der Waals surface area contributed by atoms with Crippen LogP contribution in [0.25, 0.3) is 10.9 Å². The topological polar surface area (TPSA) is 48.6 Å². The van der Waals surface area contributed by atoms with Gasteiger partial charge in [-0.05, 0) is 12.1 Å². The molecule has 6 heteroatoms. The second-order valence-corrected chi connectivity index (χ2v) is 8.22. The van der Waals surface area contributed by atoms with Crippen LogP contribution >= 0.6 is 11.6 Å². The molecule has 0 radical (unpaired) electrons. The van der Waals surface area contributed by atoms with Gasteiger partial charge < -0.3 is 14.6 Å². The smallest absolute Gasteiger partial charge is 0.237 e. The van der Waals surface area contributed by atoms with Crippen LogP contribution in [0.1, 0.15) is 22.9 Å². The third-order valence-electron chi connectivity index (χ3n) is 6.00. The molecule has 2 aromatic carbocycles. The molecular weight excluding hydrogens is 386 g/mol. The first kappa shape index (κ1) is 18.7. The number of benzene rings is 2. The van der Waals surface area contributed by atoms with Crippen LogP contribution in [0.3, 0.4) is 0 Å². The number of hydrogen-bond acceptors (Lipinski definition) is 3. The largest absolute Gasteiger partial charge is 0.371 e. The second-order valence-electron chi connectivity index (χ2n) is 7.81. The van der Waals surface area contributed by atoms with Gasteiger partial charge in [-0.25, -0.2) is 0 Å². The second kappa shape index (κ2) is 7.82. The normalized spacial score (nSPS) is 20.0. The Kier molecular flexibility index (Phi) is 5.04. The van der Waals surface area contributed by atoms with E-state index in [4.69, 9.17) is 16.3 Å². The molecule has 1 unspecified atom stereocenters. The maximum Gasteiger partial charge on any atom is 0.237 e. The third-order valence-corrected chi connectivity index (χ3v) is 6.34. The molecule has 1 fully saturated rings. The van der Waals surface area contributed by atoms with Gasteiger partial charge in [-0.1, -0.05) is 48.0 Å². The summed E-state index contributed by atoms with van der Waals surface area (Å²) in [6.07, 6.45) is 0.785. The number of rotatable bonds is 3. The summed E-state index contributed by atoms with van der Waals surface area (Å²) >= 11 is 6.34. The van der Waals surface area contributed by atoms with Crippen molar-refractivity contribution in [3.05, 3.63) is 70.4 Å². The predicted octanol–water partition coefficient (Wildman–Crippen LogP) is 3.78. The van der Waals surface area contributed by atoms with E-state index in [1.54, 1.807) is 0 Å². The Bertz CT molecular complexity index is 1050. The fraction of sp³-hybridized carbons (Fsp3) is 0.348. The number of nitrogens with one attached hydrogen (secondary N) is 1. The highest BCUT2D eigenvalue weighted by Gasteiger charge is 2.28. The number of amides is 1. The van der Waals surface area contributed by atoms with Crippen molar-refractivity contribution in [1.82, 2.24) is 14.8 Å². The number of aromatic nitrogens is 1. The van der Waals surface area contributed by atoms with Crippen molar-refractivity contribution >= 4 is 28.4 Å². The minimum Gasteiger partial charge on any atom is -0.371 e. The van der Waals surface area contributed by atoms with Gasteiger partial charge in [0.15, 0.2) is 0 Å². The minimum absolute atomic E-state index is 0.0909. The summed E-state index contributed by atoms with van der Waals surface area (Å²) in [5.74, 6) is 0.181. The van der Waals surface area contributed by atoms with Crippen LogP contribution in [0, 0.1) is 0 Å². The van der Waals surface area contributed by atoms with E-state index >= 15 is 0 Å². The number of fused-ring (bicyclic) bond motifs is 3. The van der Waals surface area contributed by atoms with E-state index in [1.807, 2.05) is 35.2 Å². The molecule has 1 N–H and O–H groups in total. The van der Waals surface area contributed by atoms with Gasteiger partial charge in [0.25, 0.3) is 0 Å². The molecule has 2 aliphatic heterocycles. The molecular formula is C23H24ClN3O2. The van der Waals surface area contributed by atoms with Gasteiger partial charge in [0.05, 0.1) is 19.3 Å². The number of carbonyl (C=O) groups is 1. The van der Waals surface area contributed by atoms with Crippen molar-refractivity contribution in [2.45, 2.75) is 19.1 Å². The number of morpholine rings is 1. The zero-order valence-electron chi connectivity index (χ0n) is 16.2. The Hall–Kier alpha value is -2.34. The Labute approximate surface area is 175 Å². The Balaban J connectivity index is 1.26. The van der Waals surface area contributed by atoms with Gasteiger partial charge in [0.1, 0.15) is 0 Å². The van der Waals surface area contributed by atoms with Gasteiger partial charge in [0.2, 0.25) is 5.91 Å². The fourth-order valence-corrected chi connectivity index (χ4v) is 4.70. The Morgan fingerprint density at radius 3 is 2.86 bits per heavy atom. The lowest BCUT2D eigenvalue weighted by Crippen LogP contribution is -2.46. The third kappa shape index (κ3) is 3.66. The monoisotopic (exact) mass is 409 g/mol. The van der Waals surface area contributed by atoms with Gasteiger partial charge in [-0.15, -0.1) is 0 Å². The van der Waals surface area contributed by atoms with Crippen molar-refractivity contribution in [1.29, 1.82) is 0 Å². The maximum absolute atomic E-state index is 13.1. The lowest BCUT2D eigenvalue weighted by atomic mass is 10.0. The molecule has 150 valence electrons. The number of hydrogen-bond donors (Lipinski definition) is 1. The average Bonchev–Trinajstić information content (AvgIpc) is 3.12. The molecule has 1 aromatic heterocycles. The van der Waals surface area contributed by atoms with Crippen LogP contribution in [0.4, 0.5) is 0 Å². The van der Waals surface area contributed by atoms with E-state index in [-0.39, 0.29) is 12.0 Å². The Morgan fingerprint density at radius 2 is 1.97 bits per heavy atom. The number of carbonyl (C=O) groups excluding carboxylic acids is 1. The first-order valence-electron chi connectivity index (χ1n) is 10.1. The molecule has 0 spiro atoms.